The first-order valence-electron chi connectivity index (χ1n) is 8.32. The standard InChI is InChI=1S/C19H16F2N2O4/c1-23-14-7-11(17(24)25)9(5-12(14)19(3-4-19)18(23)26)10-6-13(16(20)21)22-8-15(10)27-2/h5-8,16H,3-4H2,1-2H3,(H,24,25). The fourth-order valence-corrected chi connectivity index (χ4v) is 3.75. The molecule has 0 radical (unpaired) electrons. The first-order chi connectivity index (χ1) is 12.8. The van der Waals surface area contributed by atoms with Crippen molar-refractivity contribution >= 4 is 17.6 Å². The van der Waals surface area contributed by atoms with Crippen molar-refractivity contribution < 1.29 is 28.2 Å². The maximum absolute atomic E-state index is 13.1. The van der Waals surface area contributed by atoms with Gasteiger partial charge in [-0.3, -0.25) is 9.78 Å². The second-order valence-corrected chi connectivity index (χ2v) is 6.78. The Hall–Kier alpha value is -3.03. The van der Waals surface area contributed by atoms with Crippen LogP contribution in [0.4, 0.5) is 14.5 Å². The van der Waals surface area contributed by atoms with E-state index >= 15 is 0 Å². The molecule has 2 aromatic rings. The number of carboxylic acid groups (broad SMARTS) is 1. The molecule has 1 aliphatic heterocycles. The zero-order valence-corrected chi connectivity index (χ0v) is 14.6. The molecule has 1 N–H and O–H groups in total. The molecule has 8 heteroatoms. The summed E-state index contributed by atoms with van der Waals surface area (Å²) in [5.41, 5.74) is 0.528. The van der Waals surface area contributed by atoms with Gasteiger partial charge in [0.15, 0.2) is 0 Å². The highest BCUT2D eigenvalue weighted by Crippen LogP contribution is 2.58. The number of carboxylic acids is 1. The molecule has 140 valence electrons. The molecule has 0 saturated heterocycles. The highest BCUT2D eigenvalue weighted by atomic mass is 19.3. The number of methoxy groups -OCH3 is 1. The number of nitrogens with zero attached hydrogens (tertiary/aromatic N) is 2. The van der Waals surface area contributed by atoms with Crippen LogP contribution in [0.15, 0.2) is 24.4 Å². The molecule has 1 saturated carbocycles. The Morgan fingerprint density at radius 3 is 2.56 bits per heavy atom. The molecule has 4 rings (SSSR count). The van der Waals surface area contributed by atoms with E-state index in [0.29, 0.717) is 18.5 Å². The minimum absolute atomic E-state index is 0.0686. The van der Waals surface area contributed by atoms with Crippen molar-refractivity contribution in [1.29, 1.82) is 0 Å². The minimum atomic E-state index is -2.81. The molecule has 1 fully saturated rings. The lowest BCUT2D eigenvalue weighted by Crippen LogP contribution is -2.27. The number of halogens is 2. The molecule has 27 heavy (non-hydrogen) atoms. The minimum Gasteiger partial charge on any atom is -0.494 e. The zero-order chi connectivity index (χ0) is 19.5. The van der Waals surface area contributed by atoms with Gasteiger partial charge < -0.3 is 14.7 Å². The third-order valence-electron chi connectivity index (χ3n) is 5.33. The SMILES string of the molecule is COc1cnc(C(F)F)cc1-c1cc2c(cc1C(=O)O)N(C)C(=O)C21CC1. The number of pyridine rings is 1. The van der Waals surface area contributed by atoms with Gasteiger partial charge >= 0.3 is 5.97 Å². The molecule has 0 atom stereocenters. The van der Waals surface area contributed by atoms with E-state index in [1.54, 1.807) is 13.1 Å². The lowest BCUT2D eigenvalue weighted by Gasteiger charge is -2.16. The predicted octanol–water partition coefficient (Wildman–Crippen LogP) is 3.40. The zero-order valence-electron chi connectivity index (χ0n) is 14.6. The first kappa shape index (κ1) is 17.4. The Kier molecular flexibility index (Phi) is 3.69. The van der Waals surface area contributed by atoms with Gasteiger partial charge in [0.1, 0.15) is 11.4 Å². The second kappa shape index (κ2) is 5.73. The molecule has 0 unspecified atom stereocenters. The van der Waals surface area contributed by atoms with E-state index in [-0.39, 0.29) is 28.3 Å². The smallest absolute Gasteiger partial charge is 0.336 e. The van der Waals surface area contributed by atoms with Crippen LogP contribution in [0.5, 0.6) is 5.75 Å². The largest absolute Gasteiger partial charge is 0.494 e. The van der Waals surface area contributed by atoms with Gasteiger partial charge in [-0.2, -0.15) is 0 Å². The highest BCUT2D eigenvalue weighted by molar-refractivity contribution is 6.12. The van der Waals surface area contributed by atoms with Gasteiger partial charge in [0.05, 0.1) is 24.3 Å². The van der Waals surface area contributed by atoms with Gasteiger partial charge in [-0.25, -0.2) is 13.6 Å². The van der Waals surface area contributed by atoms with Crippen molar-refractivity contribution in [3.05, 3.63) is 41.2 Å². The van der Waals surface area contributed by atoms with E-state index in [1.165, 1.54) is 18.1 Å². The molecule has 2 aliphatic rings. The summed E-state index contributed by atoms with van der Waals surface area (Å²) in [5, 5.41) is 9.69. The summed E-state index contributed by atoms with van der Waals surface area (Å²) in [6.45, 7) is 0. The van der Waals surface area contributed by atoms with E-state index in [4.69, 9.17) is 4.74 Å². The van der Waals surface area contributed by atoms with Gasteiger partial charge in [-0.1, -0.05) is 0 Å². The first-order valence-corrected chi connectivity index (χ1v) is 8.32. The summed E-state index contributed by atoms with van der Waals surface area (Å²) in [5.74, 6) is -1.10. The van der Waals surface area contributed by atoms with Crippen LogP contribution in [0.25, 0.3) is 11.1 Å². The van der Waals surface area contributed by atoms with Gasteiger partial charge in [0.25, 0.3) is 6.43 Å². The Bertz CT molecular complexity index is 986. The third-order valence-corrected chi connectivity index (χ3v) is 5.33. The number of carbonyl (C=O) groups excluding carboxylic acids is 1. The normalized spacial score (nSPS) is 16.8. The molecule has 0 bridgehead atoms. The summed E-state index contributed by atoms with van der Waals surface area (Å²) >= 11 is 0. The lowest BCUT2D eigenvalue weighted by atomic mass is 9.90. The molecular weight excluding hydrogens is 358 g/mol. The van der Waals surface area contributed by atoms with E-state index in [1.807, 2.05) is 0 Å². The van der Waals surface area contributed by atoms with Gasteiger partial charge in [0.2, 0.25) is 5.91 Å². The van der Waals surface area contributed by atoms with Crippen LogP contribution in [0, 0.1) is 0 Å². The predicted molar refractivity (Wildman–Crippen MR) is 92.5 cm³/mol. The van der Waals surface area contributed by atoms with Crippen LogP contribution >= 0.6 is 0 Å². The second-order valence-electron chi connectivity index (χ2n) is 6.78. The summed E-state index contributed by atoms with van der Waals surface area (Å²) in [6, 6.07) is 4.19. The maximum atomic E-state index is 13.1. The highest BCUT2D eigenvalue weighted by Gasteiger charge is 2.58. The lowest BCUT2D eigenvalue weighted by molar-refractivity contribution is -0.119. The molecule has 1 aliphatic carbocycles. The number of hydrogen-bond donors (Lipinski definition) is 1. The molecular formula is C19H16F2N2O4. The van der Waals surface area contributed by atoms with Crippen LogP contribution in [0.1, 0.15) is 40.9 Å². The number of likely N-dealkylation sites (N-methyl/N-ethyl adjacent to an activating group) is 1. The van der Waals surface area contributed by atoms with E-state index in [0.717, 1.165) is 17.8 Å². The van der Waals surface area contributed by atoms with Gasteiger partial charge in [-0.05, 0) is 36.6 Å². The monoisotopic (exact) mass is 374 g/mol. The van der Waals surface area contributed by atoms with E-state index < -0.39 is 23.5 Å². The topological polar surface area (TPSA) is 79.7 Å². The van der Waals surface area contributed by atoms with Crippen molar-refractivity contribution in [2.75, 3.05) is 19.1 Å². The van der Waals surface area contributed by atoms with Crippen LogP contribution < -0.4 is 9.64 Å². The fraction of sp³-hybridized carbons (Fsp3) is 0.316. The van der Waals surface area contributed by atoms with Crippen LogP contribution in [-0.4, -0.2) is 36.1 Å². The quantitative estimate of drug-likeness (QED) is 0.887. The molecule has 1 aromatic carbocycles. The fourth-order valence-electron chi connectivity index (χ4n) is 3.75. The summed E-state index contributed by atoms with van der Waals surface area (Å²) in [4.78, 5) is 29.6. The average molecular weight is 374 g/mol. The Balaban J connectivity index is 2.00. The number of aromatic nitrogens is 1. The summed E-state index contributed by atoms with van der Waals surface area (Å²) < 4.78 is 31.5. The number of carbonyl (C=O) groups is 2. The summed E-state index contributed by atoms with van der Waals surface area (Å²) in [7, 11) is 2.97. The number of anilines is 1. The number of ether oxygens (including phenoxy) is 1. The van der Waals surface area contributed by atoms with E-state index in [2.05, 4.69) is 4.98 Å². The number of rotatable bonds is 4. The van der Waals surface area contributed by atoms with Crippen molar-refractivity contribution in [1.82, 2.24) is 4.98 Å². The van der Waals surface area contributed by atoms with E-state index in [9.17, 15) is 23.5 Å². The third kappa shape index (κ3) is 2.39. The van der Waals surface area contributed by atoms with Crippen molar-refractivity contribution in [3.8, 4) is 16.9 Å². The number of aromatic carboxylic acids is 1. The molecule has 1 amide bonds. The number of fused-ring (bicyclic) bond motifs is 2. The number of amides is 1. The van der Waals surface area contributed by atoms with Gasteiger partial charge in [0, 0.05) is 23.9 Å². The van der Waals surface area contributed by atoms with Crippen molar-refractivity contribution in [2.24, 2.45) is 0 Å². The van der Waals surface area contributed by atoms with Crippen molar-refractivity contribution in [3.63, 3.8) is 0 Å². The number of alkyl halides is 2. The number of benzene rings is 1. The van der Waals surface area contributed by atoms with Crippen LogP contribution in [0.2, 0.25) is 0 Å². The average Bonchev–Trinajstić information content (AvgIpc) is 3.43. The Morgan fingerprint density at radius 1 is 1.30 bits per heavy atom. The number of hydrogen-bond acceptors (Lipinski definition) is 4. The van der Waals surface area contributed by atoms with Crippen molar-refractivity contribution in [2.45, 2.75) is 24.7 Å². The molecule has 6 nitrogen and oxygen atoms in total. The van der Waals surface area contributed by atoms with Gasteiger partial charge in [-0.15, -0.1) is 0 Å². The molecule has 2 heterocycles. The van der Waals surface area contributed by atoms with Crippen LogP contribution in [-0.2, 0) is 10.2 Å². The maximum Gasteiger partial charge on any atom is 0.336 e. The summed E-state index contributed by atoms with van der Waals surface area (Å²) in [6.07, 6.45) is -0.282. The molecule has 1 aromatic heterocycles. The van der Waals surface area contributed by atoms with Crippen LogP contribution in [0.3, 0.4) is 0 Å². The Morgan fingerprint density at radius 2 is 2.00 bits per heavy atom. The molecule has 1 spiro atoms. The Labute approximate surface area is 153 Å².